The van der Waals surface area contributed by atoms with Crippen LogP contribution in [0.15, 0.2) is 54.1 Å². The average molecular weight is 564 g/mol. The number of esters is 1. The predicted molar refractivity (Wildman–Crippen MR) is 151 cm³/mol. The number of hydrogen-bond acceptors (Lipinski definition) is 7. The molecule has 8 heteroatoms. The van der Waals surface area contributed by atoms with E-state index >= 15 is 0 Å². The molecule has 0 radical (unpaired) electrons. The predicted octanol–water partition coefficient (Wildman–Crippen LogP) is 3.77. The first kappa shape index (κ1) is 29.4. The number of ketones is 2. The summed E-state index contributed by atoms with van der Waals surface area (Å²) in [5, 5.41) is 26.1. The van der Waals surface area contributed by atoms with Gasteiger partial charge in [0.2, 0.25) is 11.7 Å². The molecular weight excluding hydrogens is 522 g/mol. The molecule has 8 nitrogen and oxygen atoms in total. The van der Waals surface area contributed by atoms with Crippen molar-refractivity contribution in [3.8, 4) is 0 Å². The van der Waals surface area contributed by atoms with Gasteiger partial charge in [-0.15, -0.1) is 0 Å². The van der Waals surface area contributed by atoms with Crippen LogP contribution >= 0.6 is 0 Å². The number of rotatable bonds is 8. The van der Waals surface area contributed by atoms with Crippen molar-refractivity contribution in [2.45, 2.75) is 83.5 Å². The van der Waals surface area contributed by atoms with Gasteiger partial charge >= 0.3 is 5.97 Å². The fourth-order valence-electron chi connectivity index (χ4n) is 8.48. The normalized spacial score (nSPS) is 36.3. The monoisotopic (exact) mass is 563 g/mol. The van der Waals surface area contributed by atoms with E-state index in [0.717, 1.165) is 24.0 Å². The lowest BCUT2D eigenvalue weighted by Gasteiger charge is -2.59. The van der Waals surface area contributed by atoms with E-state index in [9.17, 15) is 29.4 Å². The summed E-state index contributed by atoms with van der Waals surface area (Å²) in [7, 11) is 0. The van der Waals surface area contributed by atoms with Crippen LogP contribution in [-0.2, 0) is 23.9 Å². The van der Waals surface area contributed by atoms with Gasteiger partial charge in [-0.1, -0.05) is 55.8 Å². The molecule has 1 aromatic rings. The van der Waals surface area contributed by atoms with Gasteiger partial charge in [-0.2, -0.15) is 0 Å². The molecule has 5 rings (SSSR count). The molecule has 220 valence electrons. The minimum atomic E-state index is -1.72. The Bertz CT molecular complexity index is 1290. The smallest absolute Gasteiger partial charge is 0.306 e. The Kier molecular flexibility index (Phi) is 7.85. The molecule has 3 N–H and O–H groups in total. The number of aliphatic hydroxyl groups excluding tert-OH is 1. The topological polar surface area (TPSA) is 130 Å². The fourth-order valence-corrected chi connectivity index (χ4v) is 8.48. The number of amides is 1. The second kappa shape index (κ2) is 11.0. The highest BCUT2D eigenvalue weighted by atomic mass is 16.5. The molecule has 41 heavy (non-hydrogen) atoms. The van der Waals surface area contributed by atoms with Crippen LogP contribution in [0.3, 0.4) is 0 Å². The second-order valence-electron chi connectivity index (χ2n) is 12.9. The summed E-state index contributed by atoms with van der Waals surface area (Å²) in [6, 6.07) is 9.29. The van der Waals surface area contributed by atoms with Gasteiger partial charge in [-0.3, -0.25) is 19.2 Å². The van der Waals surface area contributed by atoms with Crippen LogP contribution in [0, 0.1) is 28.6 Å². The molecular formula is C33H41NO7. The number of allylic oxidation sites excluding steroid dienone is 4. The summed E-state index contributed by atoms with van der Waals surface area (Å²) in [6.07, 6.45) is 6.88. The molecule has 0 unspecified atom stereocenters. The van der Waals surface area contributed by atoms with Gasteiger partial charge in [0, 0.05) is 23.2 Å². The van der Waals surface area contributed by atoms with Crippen molar-refractivity contribution < 1.29 is 34.1 Å². The zero-order chi connectivity index (χ0) is 29.6. The largest absolute Gasteiger partial charge is 0.458 e. The van der Waals surface area contributed by atoms with Crippen LogP contribution in [0.25, 0.3) is 0 Å². The maximum atomic E-state index is 13.4. The molecule has 1 amide bonds. The van der Waals surface area contributed by atoms with Crippen LogP contribution in [0.4, 0.5) is 0 Å². The summed E-state index contributed by atoms with van der Waals surface area (Å²) in [6.45, 7) is 5.26. The number of Topliss-reactive ketones (excluding diaryl/α,β-unsaturated/α-hetero) is 1. The van der Waals surface area contributed by atoms with Gasteiger partial charge in [0.1, 0.15) is 5.60 Å². The van der Waals surface area contributed by atoms with Crippen molar-refractivity contribution in [3.63, 3.8) is 0 Å². The first-order valence-electron chi connectivity index (χ1n) is 14.8. The van der Waals surface area contributed by atoms with Gasteiger partial charge in [0.25, 0.3) is 0 Å². The summed E-state index contributed by atoms with van der Waals surface area (Å²) in [4.78, 5) is 50.2. The molecule has 4 aliphatic carbocycles. The summed E-state index contributed by atoms with van der Waals surface area (Å²) in [5.74, 6) is -1.55. The number of carbonyl (C=O) groups is 4. The molecule has 4 aliphatic rings. The fraction of sp³-hybridized carbons (Fsp3) is 0.576. The SMILES string of the molecule is C[C@H](NC(=O)CCC(=O)OCC(=O)[C@]1(O)CC[C@@H]2[C@H]3CCC4=CC(=O)C=C[C@]4(C)[C@H]3[C@@H](O)C[C@@]21C)c1ccccc1. The molecule has 8 atom stereocenters. The lowest BCUT2D eigenvalue weighted by Crippen LogP contribution is -2.61. The van der Waals surface area contributed by atoms with Gasteiger partial charge in [0.15, 0.2) is 12.4 Å². The highest BCUT2D eigenvalue weighted by molar-refractivity contribution is 6.01. The van der Waals surface area contributed by atoms with Crippen LogP contribution in [0.1, 0.15) is 77.3 Å². The van der Waals surface area contributed by atoms with E-state index in [1.807, 2.05) is 50.3 Å². The molecule has 0 aromatic heterocycles. The van der Waals surface area contributed by atoms with Gasteiger partial charge in [-0.25, -0.2) is 0 Å². The number of benzene rings is 1. The lowest BCUT2D eigenvalue weighted by molar-refractivity contribution is -0.181. The Morgan fingerprint density at radius 1 is 1.12 bits per heavy atom. The van der Waals surface area contributed by atoms with E-state index in [4.69, 9.17) is 4.74 Å². The first-order valence-corrected chi connectivity index (χ1v) is 14.8. The van der Waals surface area contributed by atoms with Crippen molar-refractivity contribution in [1.29, 1.82) is 0 Å². The molecule has 0 saturated heterocycles. The molecule has 0 bridgehead atoms. The Labute approximate surface area is 241 Å². The van der Waals surface area contributed by atoms with Crippen molar-refractivity contribution in [2.24, 2.45) is 28.6 Å². The zero-order valence-electron chi connectivity index (χ0n) is 24.1. The van der Waals surface area contributed by atoms with Crippen LogP contribution in [0.2, 0.25) is 0 Å². The molecule has 1 aromatic carbocycles. The number of fused-ring (bicyclic) bond motifs is 5. The highest BCUT2D eigenvalue weighted by Gasteiger charge is 2.68. The first-order chi connectivity index (χ1) is 19.4. The van der Waals surface area contributed by atoms with Gasteiger partial charge in [-0.05, 0) is 68.6 Å². The van der Waals surface area contributed by atoms with Gasteiger partial charge in [0.05, 0.1) is 18.6 Å². The highest BCUT2D eigenvalue weighted by Crippen LogP contribution is 2.67. The van der Waals surface area contributed by atoms with Crippen molar-refractivity contribution in [1.82, 2.24) is 5.32 Å². The number of nitrogens with one attached hydrogen (secondary N) is 1. The Morgan fingerprint density at radius 3 is 2.59 bits per heavy atom. The number of aliphatic hydroxyl groups is 2. The number of carbonyl (C=O) groups excluding carboxylic acids is 4. The molecule has 3 fully saturated rings. The standard InChI is InChI=1S/C33H41NO7/c1-20(21-7-5-4-6-8-21)34-28(38)11-12-29(39)41-19-27(37)33(40)16-14-25-24-10-9-22-17-23(35)13-15-31(22,2)30(24)26(36)18-32(25,33)3/h4-8,13,15,17,20,24-26,30,36,40H,9-12,14,16,18-19H2,1-3H3,(H,34,38)/t20-,24+,25+,26-,30+,31-,32-,33+/m0/s1. The van der Waals surface area contributed by atoms with Gasteiger partial charge < -0.3 is 20.3 Å². The van der Waals surface area contributed by atoms with Crippen LogP contribution in [-0.4, -0.2) is 52.0 Å². The van der Waals surface area contributed by atoms with E-state index in [0.29, 0.717) is 6.42 Å². The van der Waals surface area contributed by atoms with E-state index < -0.39 is 40.9 Å². The number of hydrogen-bond donors (Lipinski definition) is 3. The van der Waals surface area contributed by atoms with E-state index in [2.05, 4.69) is 12.2 Å². The van der Waals surface area contributed by atoms with Crippen molar-refractivity contribution >= 4 is 23.4 Å². The lowest BCUT2D eigenvalue weighted by atomic mass is 9.46. The van der Waals surface area contributed by atoms with Crippen molar-refractivity contribution in [2.75, 3.05) is 6.61 Å². The summed E-state index contributed by atoms with van der Waals surface area (Å²) < 4.78 is 5.24. The second-order valence-corrected chi connectivity index (χ2v) is 12.9. The zero-order valence-corrected chi connectivity index (χ0v) is 24.1. The third-order valence-corrected chi connectivity index (χ3v) is 10.7. The number of ether oxygens (including phenoxy) is 1. The maximum Gasteiger partial charge on any atom is 0.306 e. The summed E-state index contributed by atoms with van der Waals surface area (Å²) >= 11 is 0. The minimum Gasteiger partial charge on any atom is -0.458 e. The average Bonchev–Trinajstić information content (AvgIpc) is 3.21. The Morgan fingerprint density at radius 2 is 1.85 bits per heavy atom. The Balaban J connectivity index is 1.18. The van der Waals surface area contributed by atoms with E-state index in [1.54, 1.807) is 12.2 Å². The van der Waals surface area contributed by atoms with Crippen LogP contribution < -0.4 is 5.32 Å². The van der Waals surface area contributed by atoms with E-state index in [-0.39, 0.29) is 61.2 Å². The molecule has 0 heterocycles. The van der Waals surface area contributed by atoms with Crippen molar-refractivity contribution in [3.05, 3.63) is 59.7 Å². The third-order valence-electron chi connectivity index (χ3n) is 10.7. The Hall–Kier alpha value is -3.10. The molecule has 3 saturated carbocycles. The van der Waals surface area contributed by atoms with E-state index in [1.165, 1.54) is 0 Å². The molecule has 0 aliphatic heterocycles. The van der Waals surface area contributed by atoms with Crippen LogP contribution in [0.5, 0.6) is 0 Å². The third kappa shape index (κ3) is 5.10. The minimum absolute atomic E-state index is 0.0141. The molecule has 0 spiro atoms. The summed E-state index contributed by atoms with van der Waals surface area (Å²) in [5.41, 5.74) is -1.01. The maximum absolute atomic E-state index is 13.4. The quantitative estimate of drug-likeness (QED) is 0.411.